The lowest BCUT2D eigenvalue weighted by Gasteiger charge is -2.32. The van der Waals surface area contributed by atoms with Crippen LogP contribution in [0.25, 0.3) is 10.9 Å². The van der Waals surface area contributed by atoms with Gasteiger partial charge in [-0.1, -0.05) is 12.1 Å². The number of halogens is 1. The molecule has 2 aliphatic rings. The Balaban J connectivity index is 1.43. The molecule has 2 aliphatic heterocycles. The molecule has 0 spiro atoms. The zero-order chi connectivity index (χ0) is 29.8. The molecule has 2 amide bonds. The number of benzene rings is 2. The third kappa shape index (κ3) is 6.01. The summed E-state index contributed by atoms with van der Waals surface area (Å²) in [6.45, 7) is 4.81. The van der Waals surface area contributed by atoms with Gasteiger partial charge in [0.2, 0.25) is 0 Å². The highest BCUT2D eigenvalue weighted by Gasteiger charge is 2.31. The van der Waals surface area contributed by atoms with Crippen LogP contribution in [0.15, 0.2) is 42.6 Å². The van der Waals surface area contributed by atoms with Crippen molar-refractivity contribution in [3.63, 3.8) is 0 Å². The molecule has 2 saturated heterocycles. The molecule has 0 bridgehead atoms. The van der Waals surface area contributed by atoms with Gasteiger partial charge in [0.15, 0.2) is 0 Å². The molecular formula is C31H35FN4O6. The second-order valence-electron chi connectivity index (χ2n) is 10.6. The van der Waals surface area contributed by atoms with Crippen LogP contribution in [0.3, 0.4) is 0 Å². The third-order valence-electron chi connectivity index (χ3n) is 8.00. The van der Waals surface area contributed by atoms with Crippen LogP contribution in [0.5, 0.6) is 5.75 Å². The second kappa shape index (κ2) is 12.7. The van der Waals surface area contributed by atoms with E-state index in [2.05, 4.69) is 5.32 Å². The van der Waals surface area contributed by atoms with E-state index >= 15 is 0 Å². The number of nitrogens with one attached hydrogen (secondary N) is 1. The van der Waals surface area contributed by atoms with Crippen LogP contribution >= 0.6 is 0 Å². The first-order valence-corrected chi connectivity index (χ1v) is 14.3. The van der Waals surface area contributed by atoms with E-state index in [1.54, 1.807) is 24.0 Å². The molecule has 0 unspecified atom stereocenters. The number of carbonyl (C=O) groups is 4. The van der Waals surface area contributed by atoms with Gasteiger partial charge < -0.3 is 24.6 Å². The Bertz CT molecular complexity index is 1490. The van der Waals surface area contributed by atoms with Crippen molar-refractivity contribution in [3.8, 4) is 5.75 Å². The fourth-order valence-corrected chi connectivity index (χ4v) is 5.70. The molecule has 0 saturated carbocycles. The fraction of sp³-hybridized carbons (Fsp3) is 0.419. The van der Waals surface area contributed by atoms with Gasteiger partial charge in [-0.25, -0.2) is 9.18 Å². The Hall–Kier alpha value is -4.25. The predicted molar refractivity (Wildman–Crippen MR) is 153 cm³/mol. The molecule has 0 radical (unpaired) electrons. The summed E-state index contributed by atoms with van der Waals surface area (Å²) in [6, 6.07) is 9.58. The Labute approximate surface area is 243 Å². The van der Waals surface area contributed by atoms with Gasteiger partial charge in [0, 0.05) is 56.9 Å². The topological polar surface area (TPSA) is 110 Å². The van der Waals surface area contributed by atoms with Crippen molar-refractivity contribution >= 4 is 34.6 Å². The average Bonchev–Trinajstić information content (AvgIpc) is 3.40. The number of piperidine rings is 1. The lowest BCUT2D eigenvalue weighted by molar-refractivity contribution is -0.126. The van der Waals surface area contributed by atoms with Crippen LogP contribution in [-0.4, -0.2) is 91.0 Å². The number of amides is 2. The highest BCUT2D eigenvalue weighted by Crippen LogP contribution is 2.33. The number of likely N-dealkylation sites (tertiary alicyclic amines) is 1. The zero-order valence-electron chi connectivity index (χ0n) is 23.9. The number of fused-ring (bicyclic) bond motifs is 1. The van der Waals surface area contributed by atoms with E-state index in [1.165, 1.54) is 47.0 Å². The molecule has 3 heterocycles. The second-order valence-corrected chi connectivity index (χ2v) is 10.6. The van der Waals surface area contributed by atoms with Gasteiger partial charge in [-0.2, -0.15) is 0 Å². The number of methoxy groups -OCH3 is 1. The Morgan fingerprint density at radius 2 is 1.64 bits per heavy atom. The monoisotopic (exact) mass is 578 g/mol. The predicted octanol–water partition coefficient (Wildman–Crippen LogP) is 3.50. The number of ketones is 1. The van der Waals surface area contributed by atoms with Crippen molar-refractivity contribution < 1.29 is 33.0 Å². The van der Waals surface area contributed by atoms with Crippen LogP contribution in [0, 0.1) is 11.7 Å². The third-order valence-corrected chi connectivity index (χ3v) is 8.00. The summed E-state index contributed by atoms with van der Waals surface area (Å²) in [7, 11) is 1.44. The Morgan fingerprint density at radius 1 is 0.952 bits per heavy atom. The molecular weight excluding hydrogens is 543 g/mol. The normalized spacial score (nSPS) is 16.0. The van der Waals surface area contributed by atoms with Crippen LogP contribution in [0.2, 0.25) is 0 Å². The van der Waals surface area contributed by atoms with Gasteiger partial charge in [-0.05, 0) is 55.9 Å². The maximum atomic E-state index is 13.8. The van der Waals surface area contributed by atoms with Crippen molar-refractivity contribution in [1.29, 1.82) is 0 Å². The highest BCUT2D eigenvalue weighted by atomic mass is 19.1. The molecule has 3 aromatic rings. The summed E-state index contributed by atoms with van der Waals surface area (Å²) >= 11 is 0. The van der Waals surface area contributed by atoms with Crippen molar-refractivity contribution in [2.45, 2.75) is 26.2 Å². The summed E-state index contributed by atoms with van der Waals surface area (Å²) in [5.41, 5.74) is 1.63. The van der Waals surface area contributed by atoms with E-state index in [-0.39, 0.29) is 35.2 Å². The van der Waals surface area contributed by atoms with Gasteiger partial charge in [0.05, 0.1) is 30.4 Å². The molecule has 1 N–H and O–H groups in total. The van der Waals surface area contributed by atoms with Gasteiger partial charge in [-0.3, -0.25) is 19.0 Å². The van der Waals surface area contributed by atoms with Crippen molar-refractivity contribution in [3.05, 3.63) is 65.1 Å². The number of hydrogen-bond acceptors (Lipinski definition) is 7. The highest BCUT2D eigenvalue weighted by molar-refractivity contribution is 6.45. The summed E-state index contributed by atoms with van der Waals surface area (Å²) in [4.78, 5) is 56.4. The number of hydrogen-bond donors (Lipinski definition) is 1. The van der Waals surface area contributed by atoms with Crippen LogP contribution < -0.4 is 10.1 Å². The van der Waals surface area contributed by atoms with Crippen LogP contribution in [0.4, 0.5) is 9.18 Å². The minimum atomic E-state index is -0.755. The maximum Gasteiger partial charge on any atom is 0.418 e. The lowest BCUT2D eigenvalue weighted by atomic mass is 9.90. The molecule has 0 atom stereocenters. The number of aromatic nitrogens is 1. The number of Topliss-reactive ketones (excluding diaryl/α,β-unsaturated/α-hetero) is 1. The lowest BCUT2D eigenvalue weighted by Crippen LogP contribution is -2.48. The van der Waals surface area contributed by atoms with Crippen molar-refractivity contribution in [1.82, 2.24) is 19.7 Å². The smallest absolute Gasteiger partial charge is 0.418 e. The van der Waals surface area contributed by atoms with E-state index in [1.807, 2.05) is 0 Å². The average molecular weight is 579 g/mol. The first kappa shape index (κ1) is 29.2. The number of nitrogens with zero attached hydrogens (tertiary/aromatic N) is 3. The molecule has 5 rings (SSSR count). The van der Waals surface area contributed by atoms with Crippen molar-refractivity contribution in [2.75, 3.05) is 53.0 Å². The Morgan fingerprint density at radius 3 is 2.29 bits per heavy atom. The SMILES string of the molecule is CCOC(=O)n1cc(C(=O)C(=O)N2CCNCC2)c2cc(C(=O)N3CCC(Cc4ccc(F)cc4)CC3)c(OC)cc21. The molecule has 10 nitrogen and oxygen atoms in total. The van der Waals surface area contributed by atoms with Gasteiger partial charge in [0.25, 0.3) is 17.6 Å². The molecule has 1 aromatic heterocycles. The van der Waals surface area contributed by atoms with Gasteiger partial charge in [0.1, 0.15) is 11.6 Å². The number of carbonyl (C=O) groups excluding carboxylic acids is 4. The number of piperazine rings is 1. The molecule has 2 aromatic carbocycles. The van der Waals surface area contributed by atoms with E-state index in [0.29, 0.717) is 56.1 Å². The van der Waals surface area contributed by atoms with E-state index in [4.69, 9.17) is 9.47 Å². The first-order chi connectivity index (χ1) is 20.3. The van der Waals surface area contributed by atoms with E-state index in [0.717, 1.165) is 24.8 Å². The summed E-state index contributed by atoms with van der Waals surface area (Å²) in [6.07, 6.45) is 2.98. The van der Waals surface area contributed by atoms with Crippen LogP contribution in [-0.2, 0) is 16.0 Å². The summed E-state index contributed by atoms with van der Waals surface area (Å²) in [5.74, 6) is -1.33. The van der Waals surface area contributed by atoms with Crippen LogP contribution in [0.1, 0.15) is 46.0 Å². The first-order valence-electron chi connectivity index (χ1n) is 14.3. The standard InChI is InChI=1S/C31H35FN4O6/c1-3-42-31(40)36-19-25(28(37)30(39)35-14-10-33-11-15-35)23-17-24(27(41-2)18-26(23)36)29(38)34-12-8-21(9-13-34)16-20-4-6-22(32)7-5-20/h4-7,17-19,21,33H,3,8-16H2,1-2H3. The molecule has 2 fully saturated rings. The van der Waals surface area contributed by atoms with Gasteiger partial charge >= 0.3 is 6.09 Å². The number of rotatable bonds is 7. The van der Waals surface area contributed by atoms with Crippen molar-refractivity contribution in [2.24, 2.45) is 5.92 Å². The minimum absolute atomic E-state index is 0.0243. The minimum Gasteiger partial charge on any atom is -0.496 e. The molecule has 11 heteroatoms. The van der Waals surface area contributed by atoms with E-state index in [9.17, 15) is 23.6 Å². The Kier molecular flexibility index (Phi) is 8.86. The quantitative estimate of drug-likeness (QED) is 0.338. The molecule has 0 aliphatic carbocycles. The van der Waals surface area contributed by atoms with E-state index < -0.39 is 17.8 Å². The molecule has 42 heavy (non-hydrogen) atoms. The molecule has 222 valence electrons. The summed E-state index contributed by atoms with van der Waals surface area (Å²) < 4.78 is 25.2. The summed E-state index contributed by atoms with van der Waals surface area (Å²) in [5, 5.41) is 3.45. The zero-order valence-corrected chi connectivity index (χ0v) is 23.9. The van der Waals surface area contributed by atoms with Gasteiger partial charge in [-0.15, -0.1) is 0 Å². The maximum absolute atomic E-state index is 13.8. The number of ether oxygens (including phenoxy) is 2. The fourth-order valence-electron chi connectivity index (χ4n) is 5.70. The largest absolute Gasteiger partial charge is 0.496 e.